The molecule has 2 aliphatic rings. The van der Waals surface area contributed by atoms with E-state index in [0.717, 1.165) is 25.7 Å². The van der Waals surface area contributed by atoms with Gasteiger partial charge in [0, 0.05) is 19.0 Å². The largest absolute Gasteiger partial charge is 0.444 e. The number of rotatable bonds is 2. The summed E-state index contributed by atoms with van der Waals surface area (Å²) in [4.78, 5) is 26.3. The van der Waals surface area contributed by atoms with Crippen LogP contribution in [0, 0.1) is 11.8 Å². The Morgan fingerprint density at radius 3 is 2.73 bits per heavy atom. The fourth-order valence-electron chi connectivity index (χ4n) is 3.62. The van der Waals surface area contributed by atoms with E-state index in [9.17, 15) is 9.59 Å². The highest BCUT2D eigenvalue weighted by molar-refractivity contribution is 5.82. The minimum Gasteiger partial charge on any atom is -0.444 e. The van der Waals surface area contributed by atoms with Gasteiger partial charge in [-0.1, -0.05) is 13.8 Å². The van der Waals surface area contributed by atoms with Gasteiger partial charge in [-0.2, -0.15) is 0 Å². The first kappa shape index (κ1) is 17.1. The number of likely N-dealkylation sites (tertiary alicyclic amines) is 1. The Hall–Kier alpha value is -1.26. The number of piperidine rings is 1. The molecule has 0 saturated carbocycles. The minimum absolute atomic E-state index is 0.0820. The Morgan fingerprint density at radius 1 is 1.45 bits per heavy atom. The lowest BCUT2D eigenvalue weighted by Gasteiger charge is -2.40. The van der Waals surface area contributed by atoms with Crippen molar-refractivity contribution in [3.8, 4) is 0 Å². The summed E-state index contributed by atoms with van der Waals surface area (Å²) >= 11 is 0. The number of ether oxygens (including phenoxy) is 1. The lowest BCUT2D eigenvalue weighted by Crippen LogP contribution is -2.56. The van der Waals surface area contributed by atoms with E-state index in [1.807, 2.05) is 20.8 Å². The number of carbonyl (C=O) groups excluding carboxylic acids is 2. The normalized spacial score (nSPS) is 29.1. The maximum Gasteiger partial charge on any atom is 0.410 e. The van der Waals surface area contributed by atoms with Crippen LogP contribution in [0.5, 0.6) is 0 Å². The van der Waals surface area contributed by atoms with E-state index < -0.39 is 5.60 Å². The molecule has 2 amide bonds. The summed E-state index contributed by atoms with van der Waals surface area (Å²) in [6, 6.07) is 0. The van der Waals surface area contributed by atoms with Crippen molar-refractivity contribution in [3.05, 3.63) is 0 Å². The molecule has 126 valence electrons. The molecule has 5 heteroatoms. The van der Waals surface area contributed by atoms with Gasteiger partial charge in [-0.05, 0) is 52.4 Å². The van der Waals surface area contributed by atoms with Crippen molar-refractivity contribution in [2.75, 3.05) is 13.1 Å². The van der Waals surface area contributed by atoms with Gasteiger partial charge in [-0.15, -0.1) is 0 Å². The average molecular weight is 310 g/mol. The molecule has 2 atom stereocenters. The molecule has 2 fully saturated rings. The molecule has 0 aliphatic carbocycles. The first-order chi connectivity index (χ1) is 10.1. The van der Waals surface area contributed by atoms with Crippen LogP contribution in [-0.2, 0) is 9.53 Å². The number of nitrogens with one attached hydrogen (secondary N) is 1. The molecule has 5 nitrogen and oxygen atoms in total. The molecule has 0 aromatic rings. The molecule has 0 bridgehead atoms. The maximum absolute atomic E-state index is 12.3. The topological polar surface area (TPSA) is 58.6 Å². The second-order valence-corrected chi connectivity index (χ2v) is 8.31. The fraction of sp³-hybridized carbons (Fsp3) is 0.882. The van der Waals surface area contributed by atoms with Crippen LogP contribution in [-0.4, -0.2) is 41.1 Å². The maximum atomic E-state index is 12.3. The van der Waals surface area contributed by atoms with Gasteiger partial charge in [-0.3, -0.25) is 4.79 Å². The predicted octanol–water partition coefficient (Wildman–Crippen LogP) is 2.94. The van der Waals surface area contributed by atoms with Gasteiger partial charge in [-0.25, -0.2) is 4.79 Å². The third kappa shape index (κ3) is 4.14. The molecule has 2 aliphatic heterocycles. The van der Waals surface area contributed by atoms with Gasteiger partial charge < -0.3 is 15.0 Å². The molecular formula is C17H30N2O3. The molecule has 0 aromatic carbocycles. The van der Waals surface area contributed by atoms with E-state index in [0.29, 0.717) is 19.0 Å². The Kier molecular flexibility index (Phi) is 4.73. The second kappa shape index (κ2) is 6.09. The van der Waals surface area contributed by atoms with E-state index in [1.165, 1.54) is 0 Å². The van der Waals surface area contributed by atoms with Gasteiger partial charge in [0.15, 0.2) is 0 Å². The van der Waals surface area contributed by atoms with Crippen LogP contribution in [0.3, 0.4) is 0 Å². The van der Waals surface area contributed by atoms with Crippen molar-refractivity contribution in [1.29, 1.82) is 0 Å². The zero-order valence-electron chi connectivity index (χ0n) is 14.6. The molecule has 22 heavy (non-hydrogen) atoms. The molecular weight excluding hydrogens is 280 g/mol. The molecule has 1 spiro atoms. The highest BCUT2D eigenvalue weighted by atomic mass is 16.6. The number of nitrogens with zero attached hydrogens (tertiary/aromatic N) is 1. The smallest absolute Gasteiger partial charge is 0.410 e. The van der Waals surface area contributed by atoms with Crippen LogP contribution in [0.25, 0.3) is 0 Å². The lowest BCUT2D eigenvalue weighted by atomic mass is 9.83. The summed E-state index contributed by atoms with van der Waals surface area (Å²) in [6.45, 7) is 11.2. The average Bonchev–Trinajstić information content (AvgIpc) is 2.62. The first-order valence-corrected chi connectivity index (χ1v) is 8.40. The summed E-state index contributed by atoms with van der Waals surface area (Å²) in [7, 11) is 0. The Bertz CT molecular complexity index is 442. The fourth-order valence-corrected chi connectivity index (χ4v) is 3.62. The lowest BCUT2D eigenvalue weighted by molar-refractivity contribution is -0.123. The summed E-state index contributed by atoms with van der Waals surface area (Å²) in [5.74, 6) is 0.745. The van der Waals surface area contributed by atoms with E-state index in [2.05, 4.69) is 19.2 Å². The first-order valence-electron chi connectivity index (χ1n) is 8.40. The van der Waals surface area contributed by atoms with Gasteiger partial charge in [0.25, 0.3) is 0 Å². The molecule has 2 saturated heterocycles. The summed E-state index contributed by atoms with van der Waals surface area (Å²) in [5, 5.41) is 3.18. The summed E-state index contributed by atoms with van der Waals surface area (Å²) < 4.78 is 5.47. The Labute approximate surface area is 133 Å². The molecule has 2 unspecified atom stereocenters. The van der Waals surface area contributed by atoms with E-state index in [-0.39, 0.29) is 23.5 Å². The SMILES string of the molecule is CC(C)CC1CC2(CCCN(C(=O)OC(C)(C)C)C2)NC1=O. The van der Waals surface area contributed by atoms with E-state index in [4.69, 9.17) is 4.74 Å². The van der Waals surface area contributed by atoms with Gasteiger partial charge >= 0.3 is 6.09 Å². The van der Waals surface area contributed by atoms with Crippen LogP contribution in [0.15, 0.2) is 0 Å². The second-order valence-electron chi connectivity index (χ2n) is 8.31. The molecule has 0 aromatic heterocycles. The number of carbonyl (C=O) groups is 2. The van der Waals surface area contributed by atoms with Crippen molar-refractivity contribution >= 4 is 12.0 Å². The third-order valence-corrected chi connectivity index (χ3v) is 4.38. The van der Waals surface area contributed by atoms with Crippen LogP contribution >= 0.6 is 0 Å². The van der Waals surface area contributed by atoms with Crippen LogP contribution in [0.4, 0.5) is 4.79 Å². The number of hydrogen-bond acceptors (Lipinski definition) is 3. The van der Waals surface area contributed by atoms with E-state index in [1.54, 1.807) is 4.90 Å². The van der Waals surface area contributed by atoms with Crippen molar-refractivity contribution in [1.82, 2.24) is 10.2 Å². The van der Waals surface area contributed by atoms with E-state index >= 15 is 0 Å². The van der Waals surface area contributed by atoms with Crippen molar-refractivity contribution < 1.29 is 14.3 Å². The molecule has 0 radical (unpaired) electrons. The summed E-state index contributed by atoms with van der Waals surface area (Å²) in [5.41, 5.74) is -0.730. The van der Waals surface area contributed by atoms with Crippen molar-refractivity contribution in [2.24, 2.45) is 11.8 Å². The minimum atomic E-state index is -0.485. The van der Waals surface area contributed by atoms with Gasteiger partial charge in [0.2, 0.25) is 5.91 Å². The molecule has 2 rings (SSSR count). The standard InChI is InChI=1S/C17H30N2O3/c1-12(2)9-13-10-17(18-14(13)20)7-6-8-19(11-17)15(21)22-16(3,4)5/h12-13H,6-11H2,1-5H3,(H,18,20). The Morgan fingerprint density at radius 2 is 2.14 bits per heavy atom. The van der Waals surface area contributed by atoms with Crippen molar-refractivity contribution in [3.63, 3.8) is 0 Å². The van der Waals surface area contributed by atoms with Gasteiger partial charge in [0.05, 0.1) is 5.54 Å². The summed E-state index contributed by atoms with van der Waals surface area (Å²) in [6.07, 6.45) is 3.34. The quantitative estimate of drug-likeness (QED) is 0.853. The molecule has 1 N–H and O–H groups in total. The predicted molar refractivity (Wildman–Crippen MR) is 85.5 cm³/mol. The van der Waals surface area contributed by atoms with Crippen LogP contribution < -0.4 is 5.32 Å². The molecule has 2 heterocycles. The zero-order chi connectivity index (χ0) is 16.5. The van der Waals surface area contributed by atoms with Crippen LogP contribution in [0.2, 0.25) is 0 Å². The third-order valence-electron chi connectivity index (χ3n) is 4.38. The monoisotopic (exact) mass is 310 g/mol. The highest BCUT2D eigenvalue weighted by Gasteiger charge is 2.47. The number of amides is 2. The van der Waals surface area contributed by atoms with Crippen LogP contribution in [0.1, 0.15) is 60.3 Å². The zero-order valence-corrected chi connectivity index (χ0v) is 14.6. The highest BCUT2D eigenvalue weighted by Crippen LogP contribution is 2.36. The van der Waals surface area contributed by atoms with Crippen molar-refractivity contribution in [2.45, 2.75) is 71.4 Å². The Balaban J connectivity index is 2.01. The number of hydrogen-bond donors (Lipinski definition) is 1. The van der Waals surface area contributed by atoms with Gasteiger partial charge in [0.1, 0.15) is 5.60 Å².